The van der Waals surface area contributed by atoms with Gasteiger partial charge in [-0.15, -0.1) is 0 Å². The fraction of sp³-hybridized carbons (Fsp3) is 0.545. The molecule has 0 aromatic carbocycles. The summed E-state index contributed by atoms with van der Waals surface area (Å²) in [6.07, 6.45) is 5.09. The summed E-state index contributed by atoms with van der Waals surface area (Å²) in [5.41, 5.74) is 11.1. The van der Waals surface area contributed by atoms with Crippen LogP contribution in [0.15, 0.2) is 12.5 Å². The van der Waals surface area contributed by atoms with E-state index in [1.807, 2.05) is 0 Å². The molecule has 0 saturated carbocycles. The monoisotopic (exact) mass is 272 g/mol. The molecule has 19 heavy (non-hydrogen) atoms. The number of imidazole rings is 1. The van der Waals surface area contributed by atoms with E-state index in [2.05, 4.69) is 9.97 Å². The fourth-order valence-corrected chi connectivity index (χ4v) is 1.14. The number of aromatic nitrogens is 2. The number of nitrogens with one attached hydrogen (secondary N) is 1. The van der Waals surface area contributed by atoms with E-state index in [4.69, 9.17) is 21.7 Å². The Morgan fingerprint density at radius 3 is 2.47 bits per heavy atom. The Bertz CT molecular complexity index is 367. The molecule has 0 unspecified atom stereocenters. The second-order valence-corrected chi connectivity index (χ2v) is 3.87. The van der Waals surface area contributed by atoms with Crippen molar-refractivity contribution in [3.05, 3.63) is 18.2 Å². The van der Waals surface area contributed by atoms with Gasteiger partial charge in [-0.1, -0.05) is 0 Å². The van der Waals surface area contributed by atoms with E-state index in [1.165, 1.54) is 6.33 Å². The summed E-state index contributed by atoms with van der Waals surface area (Å²) >= 11 is 0. The summed E-state index contributed by atoms with van der Waals surface area (Å²) in [7, 11) is 0. The molecule has 7 N–H and O–H groups in total. The first kappa shape index (κ1) is 17.1. The van der Waals surface area contributed by atoms with Crippen molar-refractivity contribution in [2.45, 2.75) is 31.7 Å². The average molecular weight is 272 g/mol. The van der Waals surface area contributed by atoms with Gasteiger partial charge in [-0.2, -0.15) is 0 Å². The topological polar surface area (TPSA) is 155 Å². The van der Waals surface area contributed by atoms with Gasteiger partial charge >= 0.3 is 11.9 Å². The summed E-state index contributed by atoms with van der Waals surface area (Å²) < 4.78 is 0. The molecule has 0 fully saturated rings. The van der Waals surface area contributed by atoms with Crippen molar-refractivity contribution in [1.29, 1.82) is 0 Å². The minimum Gasteiger partial charge on any atom is -0.481 e. The maximum atomic E-state index is 10.3. The third-order valence-electron chi connectivity index (χ3n) is 2.16. The number of hydrogen-bond acceptors (Lipinski definition) is 5. The lowest BCUT2D eigenvalue weighted by Crippen LogP contribution is -2.32. The molecule has 8 heteroatoms. The zero-order valence-corrected chi connectivity index (χ0v) is 10.6. The summed E-state index contributed by atoms with van der Waals surface area (Å²) in [4.78, 5) is 26.6. The van der Waals surface area contributed by atoms with Crippen LogP contribution in [0.2, 0.25) is 0 Å². The number of carboxylic acids is 2. The molecule has 0 bridgehead atoms. The molecule has 0 aliphatic rings. The molecule has 1 aromatic heterocycles. The molecule has 0 radical (unpaired) electrons. The molecular weight excluding hydrogens is 252 g/mol. The Kier molecular flexibility index (Phi) is 9.02. The summed E-state index contributed by atoms with van der Waals surface area (Å²) in [5, 5.41) is 16.5. The highest BCUT2D eigenvalue weighted by molar-refractivity contribution is 5.73. The SMILES string of the molecule is NCCCCC(=O)O.N[C@@H](Cc1cnc[nH]1)C(=O)O. The Morgan fingerprint density at radius 1 is 1.37 bits per heavy atom. The number of aromatic amines is 1. The molecule has 1 heterocycles. The van der Waals surface area contributed by atoms with Crippen molar-refractivity contribution in [2.24, 2.45) is 11.5 Å². The number of unbranched alkanes of at least 4 members (excludes halogenated alkanes) is 1. The largest absolute Gasteiger partial charge is 0.481 e. The lowest BCUT2D eigenvalue weighted by atomic mass is 10.2. The van der Waals surface area contributed by atoms with Crippen molar-refractivity contribution in [2.75, 3.05) is 6.54 Å². The molecular formula is C11H20N4O4. The van der Waals surface area contributed by atoms with E-state index in [9.17, 15) is 9.59 Å². The minimum atomic E-state index is -1.00. The van der Waals surface area contributed by atoms with Crippen LogP contribution >= 0.6 is 0 Å². The first-order chi connectivity index (χ1) is 8.97. The molecule has 0 aliphatic heterocycles. The van der Waals surface area contributed by atoms with Gasteiger partial charge in [0.15, 0.2) is 0 Å². The predicted molar refractivity (Wildman–Crippen MR) is 68.4 cm³/mol. The third kappa shape index (κ3) is 9.74. The average Bonchev–Trinajstić information content (AvgIpc) is 2.82. The van der Waals surface area contributed by atoms with Gasteiger partial charge in [-0.25, -0.2) is 4.98 Å². The Balaban J connectivity index is 0.000000362. The molecule has 1 aromatic rings. The zero-order chi connectivity index (χ0) is 14.7. The lowest BCUT2D eigenvalue weighted by molar-refractivity contribution is -0.139. The quantitative estimate of drug-likeness (QED) is 0.421. The van der Waals surface area contributed by atoms with E-state index in [0.29, 0.717) is 13.0 Å². The molecule has 108 valence electrons. The highest BCUT2D eigenvalue weighted by Crippen LogP contribution is 1.95. The standard InChI is InChI=1S/C6H9N3O2.C5H11NO2/c7-5(6(10)11)1-4-2-8-3-9-4;6-4-2-1-3-5(7)8/h2-3,5H,1,7H2,(H,8,9)(H,10,11);1-4,6H2,(H,7,8)/t5-;/m0./s1. The summed E-state index contributed by atoms with van der Waals surface area (Å²) in [6, 6.07) is -0.851. The number of hydrogen-bond donors (Lipinski definition) is 5. The van der Waals surface area contributed by atoms with E-state index in [1.54, 1.807) is 6.20 Å². The molecule has 0 saturated heterocycles. The van der Waals surface area contributed by atoms with Crippen LogP contribution < -0.4 is 11.5 Å². The van der Waals surface area contributed by atoms with Crippen LogP contribution in [-0.4, -0.2) is 44.7 Å². The number of aliphatic carboxylic acids is 2. The van der Waals surface area contributed by atoms with Crippen LogP contribution in [-0.2, 0) is 16.0 Å². The van der Waals surface area contributed by atoms with Gasteiger partial charge in [0.1, 0.15) is 6.04 Å². The van der Waals surface area contributed by atoms with Gasteiger partial charge in [0.25, 0.3) is 0 Å². The summed E-state index contributed by atoms with van der Waals surface area (Å²) in [5.74, 6) is -1.74. The number of carboxylic acid groups (broad SMARTS) is 2. The van der Waals surface area contributed by atoms with Crippen LogP contribution in [0.4, 0.5) is 0 Å². The molecule has 8 nitrogen and oxygen atoms in total. The third-order valence-corrected chi connectivity index (χ3v) is 2.16. The highest BCUT2D eigenvalue weighted by atomic mass is 16.4. The van der Waals surface area contributed by atoms with E-state index < -0.39 is 18.0 Å². The maximum absolute atomic E-state index is 10.3. The number of nitrogens with zero attached hydrogens (tertiary/aromatic N) is 1. The first-order valence-electron chi connectivity index (χ1n) is 5.84. The fourth-order valence-electron chi connectivity index (χ4n) is 1.14. The van der Waals surface area contributed by atoms with Gasteiger partial charge in [0.2, 0.25) is 0 Å². The number of nitrogens with two attached hydrogens (primary N) is 2. The molecule has 1 atom stereocenters. The van der Waals surface area contributed by atoms with E-state index in [0.717, 1.165) is 12.1 Å². The number of rotatable bonds is 7. The van der Waals surface area contributed by atoms with Crippen molar-refractivity contribution in [1.82, 2.24) is 9.97 Å². The van der Waals surface area contributed by atoms with Crippen molar-refractivity contribution in [3.63, 3.8) is 0 Å². The first-order valence-corrected chi connectivity index (χ1v) is 5.84. The Morgan fingerprint density at radius 2 is 2.05 bits per heavy atom. The summed E-state index contributed by atoms with van der Waals surface area (Å²) in [6.45, 7) is 0.591. The van der Waals surface area contributed by atoms with Gasteiger partial charge < -0.3 is 26.7 Å². The van der Waals surface area contributed by atoms with Crippen LogP contribution in [0, 0.1) is 0 Å². The number of H-pyrrole nitrogens is 1. The molecule has 1 rings (SSSR count). The second-order valence-electron chi connectivity index (χ2n) is 3.87. The van der Waals surface area contributed by atoms with Gasteiger partial charge in [-0.3, -0.25) is 9.59 Å². The second kappa shape index (κ2) is 10.0. The molecule has 0 spiro atoms. The zero-order valence-electron chi connectivity index (χ0n) is 10.6. The predicted octanol–water partition coefficient (Wildman–Crippen LogP) is -0.436. The highest BCUT2D eigenvalue weighted by Gasteiger charge is 2.11. The van der Waals surface area contributed by atoms with Crippen LogP contribution in [0.5, 0.6) is 0 Å². The van der Waals surface area contributed by atoms with E-state index in [-0.39, 0.29) is 12.8 Å². The van der Waals surface area contributed by atoms with Crippen molar-refractivity contribution >= 4 is 11.9 Å². The Hall–Kier alpha value is -1.93. The van der Waals surface area contributed by atoms with Crippen molar-refractivity contribution < 1.29 is 19.8 Å². The normalized spacial score (nSPS) is 11.3. The van der Waals surface area contributed by atoms with Gasteiger partial charge in [0.05, 0.1) is 6.33 Å². The maximum Gasteiger partial charge on any atom is 0.320 e. The van der Waals surface area contributed by atoms with E-state index >= 15 is 0 Å². The van der Waals surface area contributed by atoms with Crippen LogP contribution in [0.3, 0.4) is 0 Å². The van der Waals surface area contributed by atoms with Gasteiger partial charge in [-0.05, 0) is 19.4 Å². The van der Waals surface area contributed by atoms with Crippen molar-refractivity contribution in [3.8, 4) is 0 Å². The minimum absolute atomic E-state index is 0.247. The lowest BCUT2D eigenvalue weighted by Gasteiger charge is -2.02. The molecule has 0 amide bonds. The van der Waals surface area contributed by atoms with Gasteiger partial charge in [0, 0.05) is 24.7 Å². The number of carbonyl (C=O) groups is 2. The van der Waals surface area contributed by atoms with Crippen LogP contribution in [0.25, 0.3) is 0 Å². The Labute approximate surface area is 110 Å². The smallest absolute Gasteiger partial charge is 0.320 e. The van der Waals surface area contributed by atoms with Crippen LogP contribution in [0.1, 0.15) is 25.0 Å². The molecule has 0 aliphatic carbocycles.